The van der Waals surface area contributed by atoms with Gasteiger partial charge in [-0.2, -0.15) is 0 Å². The number of hydrogen-bond acceptors (Lipinski definition) is 5. The molecule has 0 aromatic heterocycles. The van der Waals surface area contributed by atoms with E-state index in [1.54, 1.807) is 0 Å². The molecule has 0 aliphatic heterocycles. The van der Waals surface area contributed by atoms with Crippen LogP contribution in [0.5, 0.6) is 17.2 Å². The Morgan fingerprint density at radius 3 is 2.14 bits per heavy atom. The summed E-state index contributed by atoms with van der Waals surface area (Å²) in [5.74, 6) is -4.30. The number of alkyl halides is 3. The van der Waals surface area contributed by atoms with E-state index in [1.165, 1.54) is 26.0 Å². The van der Waals surface area contributed by atoms with Gasteiger partial charge in [0.1, 0.15) is 28.9 Å². The molecule has 0 fully saturated rings. The quantitative estimate of drug-likeness (QED) is 0.429. The van der Waals surface area contributed by atoms with E-state index in [2.05, 4.69) is 4.74 Å². The summed E-state index contributed by atoms with van der Waals surface area (Å²) in [4.78, 5) is 11.9. The van der Waals surface area contributed by atoms with Crippen molar-refractivity contribution in [3.63, 3.8) is 0 Å². The van der Waals surface area contributed by atoms with Crippen LogP contribution in [0.25, 0.3) is 0 Å². The predicted molar refractivity (Wildman–Crippen MR) is 90.6 cm³/mol. The van der Waals surface area contributed by atoms with Crippen molar-refractivity contribution in [3.05, 3.63) is 53.6 Å². The van der Waals surface area contributed by atoms with E-state index in [9.17, 15) is 26.7 Å². The molecule has 2 aromatic rings. The summed E-state index contributed by atoms with van der Waals surface area (Å²) >= 11 is 0. The van der Waals surface area contributed by atoms with E-state index in [-0.39, 0.29) is 24.7 Å². The number of rotatable bonds is 8. The fourth-order valence-corrected chi connectivity index (χ4v) is 2.40. The summed E-state index contributed by atoms with van der Waals surface area (Å²) in [7, 11) is 0. The van der Waals surface area contributed by atoms with Crippen molar-refractivity contribution in [2.45, 2.75) is 26.3 Å². The number of esters is 1. The van der Waals surface area contributed by atoms with Gasteiger partial charge in [-0.3, -0.25) is 0 Å². The number of benzene rings is 2. The molecular weight excluding hydrogens is 403 g/mol. The molecule has 0 saturated carbocycles. The van der Waals surface area contributed by atoms with Gasteiger partial charge in [-0.1, -0.05) is 6.07 Å². The highest BCUT2D eigenvalue weighted by molar-refractivity contribution is 5.76. The monoisotopic (exact) mass is 420 g/mol. The highest BCUT2D eigenvalue weighted by atomic mass is 19.4. The van der Waals surface area contributed by atoms with Crippen molar-refractivity contribution in [3.8, 4) is 17.2 Å². The average Bonchev–Trinajstić information content (AvgIpc) is 2.59. The van der Waals surface area contributed by atoms with Crippen LogP contribution in [-0.4, -0.2) is 25.5 Å². The SMILES string of the molecule is CCOC(=O)C(OCC)c1c(F)cc(Oc2cccc(OC(F)(F)F)c2)cc1F. The van der Waals surface area contributed by atoms with Crippen LogP contribution in [0.1, 0.15) is 25.5 Å². The third kappa shape index (κ3) is 6.31. The lowest BCUT2D eigenvalue weighted by Gasteiger charge is -2.18. The minimum Gasteiger partial charge on any atom is -0.464 e. The lowest BCUT2D eigenvalue weighted by molar-refractivity contribution is -0.274. The van der Waals surface area contributed by atoms with Gasteiger partial charge in [-0.25, -0.2) is 13.6 Å². The van der Waals surface area contributed by atoms with Crippen LogP contribution in [0.2, 0.25) is 0 Å². The van der Waals surface area contributed by atoms with Gasteiger partial charge in [-0.15, -0.1) is 13.2 Å². The van der Waals surface area contributed by atoms with Crippen LogP contribution < -0.4 is 9.47 Å². The summed E-state index contributed by atoms with van der Waals surface area (Å²) in [6, 6.07) is 5.98. The predicted octanol–water partition coefficient (Wildman–Crippen LogP) is 5.30. The van der Waals surface area contributed by atoms with Crippen LogP contribution >= 0.6 is 0 Å². The standard InChI is InChI=1S/C19H17F5O5/c1-3-26-17(18(25)27-4-2)16-14(20)9-13(10-15(16)21)28-11-6-5-7-12(8-11)29-19(22,23)24/h5-10,17H,3-4H2,1-2H3. The van der Waals surface area contributed by atoms with Crippen molar-refractivity contribution in [1.29, 1.82) is 0 Å². The molecule has 29 heavy (non-hydrogen) atoms. The molecule has 2 aromatic carbocycles. The van der Waals surface area contributed by atoms with Crippen molar-refractivity contribution < 1.29 is 45.7 Å². The summed E-state index contributed by atoms with van der Waals surface area (Å²) in [5, 5.41) is 0. The maximum absolute atomic E-state index is 14.5. The molecule has 1 unspecified atom stereocenters. The highest BCUT2D eigenvalue weighted by Crippen LogP contribution is 2.33. The first-order valence-corrected chi connectivity index (χ1v) is 8.45. The Hall–Kier alpha value is -2.88. The molecular formula is C19H17F5O5. The normalized spacial score (nSPS) is 12.4. The number of carbonyl (C=O) groups is 1. The lowest BCUT2D eigenvalue weighted by Crippen LogP contribution is -2.21. The van der Waals surface area contributed by atoms with Crippen LogP contribution in [0, 0.1) is 11.6 Å². The molecule has 0 aliphatic rings. The van der Waals surface area contributed by atoms with Crippen LogP contribution in [-0.2, 0) is 14.3 Å². The zero-order chi connectivity index (χ0) is 21.6. The van der Waals surface area contributed by atoms with Crippen molar-refractivity contribution >= 4 is 5.97 Å². The molecule has 0 heterocycles. The first kappa shape index (κ1) is 22.4. The lowest BCUT2D eigenvalue weighted by atomic mass is 10.1. The summed E-state index contributed by atoms with van der Waals surface area (Å²) < 4.78 is 84.8. The Morgan fingerprint density at radius 2 is 1.59 bits per heavy atom. The van der Waals surface area contributed by atoms with Crippen LogP contribution in [0.15, 0.2) is 36.4 Å². The third-order valence-corrected chi connectivity index (χ3v) is 3.42. The number of halogens is 5. The Balaban J connectivity index is 2.29. The molecule has 0 amide bonds. The van der Waals surface area contributed by atoms with Gasteiger partial charge in [-0.05, 0) is 26.0 Å². The molecule has 0 spiro atoms. The molecule has 0 saturated heterocycles. The van der Waals surface area contributed by atoms with E-state index < -0.39 is 41.4 Å². The molecule has 0 bridgehead atoms. The first-order valence-electron chi connectivity index (χ1n) is 8.45. The molecule has 0 N–H and O–H groups in total. The van der Waals surface area contributed by atoms with E-state index >= 15 is 0 Å². The van der Waals surface area contributed by atoms with Crippen molar-refractivity contribution in [2.24, 2.45) is 0 Å². The van der Waals surface area contributed by atoms with Gasteiger partial charge < -0.3 is 18.9 Å². The molecule has 0 radical (unpaired) electrons. The van der Waals surface area contributed by atoms with E-state index in [0.29, 0.717) is 0 Å². The van der Waals surface area contributed by atoms with E-state index in [4.69, 9.17) is 14.2 Å². The topological polar surface area (TPSA) is 54.0 Å². The summed E-state index contributed by atoms with van der Waals surface area (Å²) in [6.07, 6.45) is -6.52. The maximum atomic E-state index is 14.5. The Labute approximate surface area is 162 Å². The second-order valence-electron chi connectivity index (χ2n) is 5.51. The summed E-state index contributed by atoms with van der Waals surface area (Å²) in [6.45, 7) is 3.05. The van der Waals surface area contributed by atoms with Gasteiger partial charge in [0.2, 0.25) is 0 Å². The molecule has 10 heteroatoms. The minimum atomic E-state index is -4.90. The van der Waals surface area contributed by atoms with Crippen molar-refractivity contribution in [2.75, 3.05) is 13.2 Å². The largest absolute Gasteiger partial charge is 0.573 e. The van der Waals surface area contributed by atoms with Gasteiger partial charge in [0.15, 0.2) is 6.10 Å². The maximum Gasteiger partial charge on any atom is 0.573 e. The molecule has 158 valence electrons. The minimum absolute atomic E-state index is 0.00733. The Bertz CT molecular complexity index is 830. The van der Waals surface area contributed by atoms with Crippen LogP contribution in [0.3, 0.4) is 0 Å². The molecule has 0 aliphatic carbocycles. The average molecular weight is 420 g/mol. The Morgan fingerprint density at radius 1 is 0.966 bits per heavy atom. The zero-order valence-corrected chi connectivity index (χ0v) is 15.4. The fourth-order valence-electron chi connectivity index (χ4n) is 2.40. The Kier molecular flexibility index (Phi) is 7.38. The highest BCUT2D eigenvalue weighted by Gasteiger charge is 2.31. The number of hydrogen-bond donors (Lipinski definition) is 0. The fraction of sp³-hybridized carbons (Fsp3) is 0.316. The number of carbonyl (C=O) groups excluding carboxylic acids is 1. The van der Waals surface area contributed by atoms with E-state index in [0.717, 1.165) is 24.3 Å². The third-order valence-electron chi connectivity index (χ3n) is 3.42. The smallest absolute Gasteiger partial charge is 0.464 e. The van der Waals surface area contributed by atoms with Gasteiger partial charge in [0.25, 0.3) is 0 Å². The first-order chi connectivity index (χ1) is 13.6. The van der Waals surface area contributed by atoms with Crippen molar-refractivity contribution in [1.82, 2.24) is 0 Å². The number of ether oxygens (including phenoxy) is 4. The van der Waals surface area contributed by atoms with E-state index in [1.807, 2.05) is 0 Å². The molecule has 1 atom stereocenters. The molecule has 2 rings (SSSR count). The zero-order valence-electron chi connectivity index (χ0n) is 15.4. The summed E-state index contributed by atoms with van der Waals surface area (Å²) in [5.41, 5.74) is -0.660. The second kappa shape index (κ2) is 9.55. The van der Waals surface area contributed by atoms with Gasteiger partial charge in [0, 0.05) is 24.8 Å². The molecule has 5 nitrogen and oxygen atoms in total. The van der Waals surface area contributed by atoms with Gasteiger partial charge in [0.05, 0.1) is 12.2 Å². The van der Waals surface area contributed by atoms with Crippen LogP contribution in [0.4, 0.5) is 22.0 Å². The van der Waals surface area contributed by atoms with Gasteiger partial charge >= 0.3 is 12.3 Å². The second-order valence-corrected chi connectivity index (χ2v) is 5.51.